The van der Waals surface area contributed by atoms with E-state index in [-0.39, 0.29) is 33.3 Å². The van der Waals surface area contributed by atoms with Gasteiger partial charge in [-0.05, 0) is 6.92 Å². The Morgan fingerprint density at radius 2 is 1.70 bits per heavy atom. The number of nitrogen functional groups attached to an aromatic ring is 1. The molecule has 10 heteroatoms. The van der Waals surface area contributed by atoms with Crippen LogP contribution in [-0.2, 0) is 20.8 Å². The van der Waals surface area contributed by atoms with Crippen LogP contribution in [0.4, 0.5) is 5.00 Å². The number of carbonyl (C=O) groups excluding carboxylic acids is 3. The van der Waals surface area contributed by atoms with Crippen LogP contribution in [-0.4, -0.2) is 37.1 Å². The van der Waals surface area contributed by atoms with Gasteiger partial charge in [-0.25, -0.2) is 19.4 Å². The van der Waals surface area contributed by atoms with Crippen LogP contribution in [0.3, 0.4) is 0 Å². The molecule has 0 aliphatic carbocycles. The van der Waals surface area contributed by atoms with E-state index in [9.17, 15) is 14.4 Å². The van der Waals surface area contributed by atoms with Crippen molar-refractivity contribution in [3.05, 3.63) is 56.9 Å². The maximum Gasteiger partial charge on any atom is 0.358 e. The van der Waals surface area contributed by atoms with E-state index in [0.29, 0.717) is 5.01 Å². The highest BCUT2D eigenvalue weighted by Gasteiger charge is 2.28. The molecule has 2 aromatic heterocycles. The summed E-state index contributed by atoms with van der Waals surface area (Å²) in [4.78, 5) is 41.0. The van der Waals surface area contributed by atoms with Gasteiger partial charge in [0, 0.05) is 16.5 Å². The Hall–Kier alpha value is -3.24. The summed E-state index contributed by atoms with van der Waals surface area (Å²) < 4.78 is 14.8. The van der Waals surface area contributed by atoms with Gasteiger partial charge in [-0.2, -0.15) is 0 Å². The van der Waals surface area contributed by atoms with E-state index in [4.69, 9.17) is 19.9 Å². The first-order valence-corrected chi connectivity index (χ1v) is 10.3. The molecule has 0 unspecified atom stereocenters. The minimum atomic E-state index is -0.736. The number of methoxy groups -OCH3 is 2. The van der Waals surface area contributed by atoms with Crippen molar-refractivity contribution in [1.29, 1.82) is 0 Å². The third kappa shape index (κ3) is 4.34. The zero-order valence-electron chi connectivity index (χ0n) is 16.4. The first-order valence-electron chi connectivity index (χ1n) is 8.63. The van der Waals surface area contributed by atoms with Crippen molar-refractivity contribution >= 4 is 45.6 Å². The van der Waals surface area contributed by atoms with Crippen molar-refractivity contribution in [3.8, 4) is 10.6 Å². The van der Waals surface area contributed by atoms with Crippen LogP contribution < -0.4 is 5.73 Å². The van der Waals surface area contributed by atoms with Crippen LogP contribution >= 0.6 is 22.7 Å². The number of thiazole rings is 1. The fourth-order valence-electron chi connectivity index (χ4n) is 2.61. The number of hydrogen-bond donors (Lipinski definition) is 1. The van der Waals surface area contributed by atoms with Crippen LogP contribution in [0.5, 0.6) is 0 Å². The summed E-state index contributed by atoms with van der Waals surface area (Å²) in [6, 6.07) is 7.75. The number of aromatic nitrogens is 1. The predicted octanol–water partition coefficient (Wildman–Crippen LogP) is 3.69. The summed E-state index contributed by atoms with van der Waals surface area (Å²) in [5.74, 6) is -2.12. The minimum absolute atomic E-state index is 0.0191. The highest BCUT2D eigenvalue weighted by atomic mass is 32.1. The molecular weight excluding hydrogens is 428 g/mol. The summed E-state index contributed by atoms with van der Waals surface area (Å²) in [6.45, 7) is 1.62. The summed E-state index contributed by atoms with van der Waals surface area (Å²) in [5, 5.41) is 2.33. The molecule has 1 aromatic carbocycles. The first kappa shape index (κ1) is 21.5. The third-order valence-electron chi connectivity index (χ3n) is 4.15. The standard InChI is InChI=1S/C20H18N2O6S2/c1-10-4-6-11(7-5-10)17-22-13(9-29-17)18(23)28-8-12-14(19(24)26-2)16(21)30-15(12)20(25)27-3/h4-7,9H,8,21H2,1-3H3. The number of nitrogens with two attached hydrogens (primary N) is 1. The van der Waals surface area contributed by atoms with E-state index in [1.807, 2.05) is 31.2 Å². The van der Waals surface area contributed by atoms with Crippen molar-refractivity contribution in [1.82, 2.24) is 4.98 Å². The summed E-state index contributed by atoms with van der Waals surface area (Å²) in [6.07, 6.45) is 0. The summed E-state index contributed by atoms with van der Waals surface area (Å²) >= 11 is 2.17. The van der Waals surface area contributed by atoms with Gasteiger partial charge in [-0.3, -0.25) is 0 Å². The lowest BCUT2D eigenvalue weighted by Gasteiger charge is -2.07. The van der Waals surface area contributed by atoms with Gasteiger partial charge in [-0.1, -0.05) is 29.8 Å². The van der Waals surface area contributed by atoms with E-state index in [2.05, 4.69) is 4.98 Å². The van der Waals surface area contributed by atoms with Crippen LogP contribution in [0.2, 0.25) is 0 Å². The second-order valence-corrected chi connectivity index (χ2v) is 8.02. The van der Waals surface area contributed by atoms with Crippen molar-refractivity contribution in [2.24, 2.45) is 0 Å². The second kappa shape index (κ2) is 9.06. The molecular formula is C20H18N2O6S2. The number of anilines is 1. The highest BCUT2D eigenvalue weighted by molar-refractivity contribution is 7.18. The topological polar surface area (TPSA) is 118 Å². The Morgan fingerprint density at radius 1 is 1.03 bits per heavy atom. The predicted molar refractivity (Wildman–Crippen MR) is 113 cm³/mol. The number of esters is 3. The number of ether oxygens (including phenoxy) is 3. The van der Waals surface area contributed by atoms with Crippen molar-refractivity contribution in [3.63, 3.8) is 0 Å². The Bertz CT molecular complexity index is 1100. The lowest BCUT2D eigenvalue weighted by molar-refractivity contribution is 0.0447. The first-order chi connectivity index (χ1) is 14.3. The molecule has 0 radical (unpaired) electrons. The molecule has 0 fully saturated rings. The maximum absolute atomic E-state index is 12.5. The highest BCUT2D eigenvalue weighted by Crippen LogP contribution is 2.33. The number of benzene rings is 1. The molecule has 0 atom stereocenters. The third-order valence-corrected chi connectivity index (χ3v) is 6.09. The minimum Gasteiger partial charge on any atom is -0.465 e. The van der Waals surface area contributed by atoms with Crippen LogP contribution in [0, 0.1) is 6.92 Å². The van der Waals surface area contributed by atoms with Gasteiger partial charge in [0.1, 0.15) is 27.1 Å². The van der Waals surface area contributed by atoms with Gasteiger partial charge < -0.3 is 19.9 Å². The molecule has 30 heavy (non-hydrogen) atoms. The van der Waals surface area contributed by atoms with E-state index in [0.717, 1.165) is 22.5 Å². The number of nitrogens with zero attached hydrogens (tertiary/aromatic N) is 1. The zero-order chi connectivity index (χ0) is 21.8. The van der Waals surface area contributed by atoms with Gasteiger partial charge in [0.05, 0.1) is 14.2 Å². The maximum atomic E-state index is 12.5. The van der Waals surface area contributed by atoms with Crippen molar-refractivity contribution in [2.45, 2.75) is 13.5 Å². The molecule has 8 nitrogen and oxygen atoms in total. The zero-order valence-corrected chi connectivity index (χ0v) is 18.0. The molecule has 0 spiro atoms. The molecule has 3 rings (SSSR count). The largest absolute Gasteiger partial charge is 0.465 e. The van der Waals surface area contributed by atoms with E-state index < -0.39 is 17.9 Å². The average molecular weight is 447 g/mol. The average Bonchev–Trinajstić information content (AvgIpc) is 3.36. The molecule has 0 saturated carbocycles. The lowest BCUT2D eigenvalue weighted by atomic mass is 10.1. The van der Waals surface area contributed by atoms with Gasteiger partial charge in [0.2, 0.25) is 0 Å². The SMILES string of the molecule is COC(=O)c1sc(N)c(C(=O)OC)c1COC(=O)c1csc(-c2ccc(C)cc2)n1. The summed E-state index contributed by atoms with van der Waals surface area (Å²) in [5.41, 5.74) is 8.11. The van der Waals surface area contributed by atoms with Crippen molar-refractivity contribution < 1.29 is 28.6 Å². The van der Waals surface area contributed by atoms with Gasteiger partial charge in [0.25, 0.3) is 0 Å². The van der Waals surface area contributed by atoms with Crippen molar-refractivity contribution in [2.75, 3.05) is 20.0 Å². The normalized spacial score (nSPS) is 10.5. The lowest BCUT2D eigenvalue weighted by Crippen LogP contribution is -2.13. The van der Waals surface area contributed by atoms with Gasteiger partial charge in [0.15, 0.2) is 5.69 Å². The molecule has 0 amide bonds. The Morgan fingerprint density at radius 3 is 2.33 bits per heavy atom. The Labute approximate surface area is 180 Å². The number of aryl methyl sites for hydroxylation is 1. The smallest absolute Gasteiger partial charge is 0.358 e. The van der Waals surface area contributed by atoms with Gasteiger partial charge >= 0.3 is 17.9 Å². The van der Waals surface area contributed by atoms with Crippen LogP contribution in [0.1, 0.15) is 41.6 Å². The Balaban J connectivity index is 1.81. The fraction of sp³-hybridized carbons (Fsp3) is 0.200. The number of thiophene rings is 1. The molecule has 0 aliphatic rings. The van der Waals surface area contributed by atoms with E-state index >= 15 is 0 Å². The van der Waals surface area contributed by atoms with E-state index in [1.54, 1.807) is 5.38 Å². The molecule has 2 N–H and O–H groups in total. The molecule has 156 valence electrons. The fourth-order valence-corrected chi connectivity index (χ4v) is 4.39. The quantitative estimate of drug-likeness (QED) is 0.450. The van der Waals surface area contributed by atoms with Crippen LogP contribution in [0.25, 0.3) is 10.6 Å². The van der Waals surface area contributed by atoms with E-state index in [1.165, 1.54) is 25.6 Å². The number of carbonyl (C=O) groups is 3. The van der Waals surface area contributed by atoms with Gasteiger partial charge in [-0.15, -0.1) is 22.7 Å². The summed E-state index contributed by atoms with van der Waals surface area (Å²) in [7, 11) is 2.39. The molecule has 2 heterocycles. The second-order valence-electron chi connectivity index (χ2n) is 6.11. The Kier molecular flexibility index (Phi) is 6.48. The van der Waals surface area contributed by atoms with Crippen LogP contribution in [0.15, 0.2) is 29.6 Å². The number of hydrogen-bond acceptors (Lipinski definition) is 10. The monoisotopic (exact) mass is 446 g/mol. The molecule has 0 aliphatic heterocycles. The molecule has 0 saturated heterocycles. The molecule has 3 aromatic rings. The number of rotatable bonds is 6. The molecule has 0 bridgehead atoms.